The smallest absolute Gasteiger partial charge is 0.311 e. The van der Waals surface area contributed by atoms with E-state index in [4.69, 9.17) is 9.15 Å². The summed E-state index contributed by atoms with van der Waals surface area (Å²) in [5.41, 5.74) is 2.16. The van der Waals surface area contributed by atoms with Gasteiger partial charge in [-0.15, -0.1) is 0 Å². The molecule has 2 aliphatic rings. The normalized spacial score (nSPS) is 29.9. The first-order chi connectivity index (χ1) is 15.3. The third kappa shape index (κ3) is 4.80. The van der Waals surface area contributed by atoms with Gasteiger partial charge in [-0.05, 0) is 74.3 Å². The molecule has 6 heteroatoms. The number of carbonyl (C=O) groups excluding carboxylic acids is 2. The summed E-state index contributed by atoms with van der Waals surface area (Å²) in [5.74, 6) is 1.33. The maximum atomic E-state index is 12.8. The number of methoxy groups -OCH3 is 2. The number of allylic oxidation sites excluding steroid dienone is 1. The van der Waals surface area contributed by atoms with Gasteiger partial charge in [-0.3, -0.25) is 9.59 Å². The number of nitrogens with one attached hydrogen (secondary N) is 1. The van der Waals surface area contributed by atoms with Gasteiger partial charge in [0.25, 0.3) is 0 Å². The molecule has 3 rings (SSSR count). The molecule has 2 fully saturated rings. The van der Waals surface area contributed by atoms with E-state index in [2.05, 4.69) is 30.5 Å². The van der Waals surface area contributed by atoms with Gasteiger partial charge in [0.2, 0.25) is 0 Å². The van der Waals surface area contributed by atoms with Crippen molar-refractivity contribution < 1.29 is 23.5 Å². The highest BCUT2D eigenvalue weighted by atomic mass is 16.5. The maximum absolute atomic E-state index is 12.8. The predicted molar refractivity (Wildman–Crippen MR) is 123 cm³/mol. The van der Waals surface area contributed by atoms with Crippen LogP contribution in [0.5, 0.6) is 0 Å². The Morgan fingerprint density at radius 3 is 2.75 bits per heavy atom. The lowest BCUT2D eigenvalue weighted by molar-refractivity contribution is -0.168. The van der Waals surface area contributed by atoms with E-state index in [1.165, 1.54) is 25.4 Å². The first-order valence-corrected chi connectivity index (χ1v) is 11.8. The lowest BCUT2D eigenvalue weighted by Gasteiger charge is -2.57. The Balaban J connectivity index is 1.67. The third-order valence-electron chi connectivity index (χ3n) is 8.23. The summed E-state index contributed by atoms with van der Waals surface area (Å²) in [5, 5.41) is 3.26. The van der Waals surface area contributed by atoms with Crippen LogP contribution < -0.4 is 5.32 Å². The highest BCUT2D eigenvalue weighted by molar-refractivity contribution is 5.77. The van der Waals surface area contributed by atoms with Crippen LogP contribution >= 0.6 is 0 Å². The van der Waals surface area contributed by atoms with Gasteiger partial charge in [0.05, 0.1) is 38.9 Å². The number of furan rings is 1. The van der Waals surface area contributed by atoms with Gasteiger partial charge in [-0.2, -0.15) is 0 Å². The van der Waals surface area contributed by atoms with E-state index in [1.807, 2.05) is 6.07 Å². The molecule has 0 radical (unpaired) electrons. The molecule has 1 aromatic heterocycles. The van der Waals surface area contributed by atoms with Crippen LogP contribution in [-0.4, -0.2) is 32.7 Å². The summed E-state index contributed by atoms with van der Waals surface area (Å²) in [6, 6.07) is 2.04. The number of fused-ring (bicyclic) bond motifs is 1. The number of aryl methyl sites for hydroxylation is 1. The Labute approximate surface area is 192 Å². The van der Waals surface area contributed by atoms with E-state index in [9.17, 15) is 9.59 Å². The van der Waals surface area contributed by atoms with Crippen LogP contribution in [0, 0.1) is 22.7 Å². The molecule has 6 nitrogen and oxygen atoms in total. The average molecular weight is 446 g/mol. The largest absolute Gasteiger partial charge is 0.469 e. The number of hydrogen-bond acceptors (Lipinski definition) is 6. The second-order valence-corrected chi connectivity index (χ2v) is 9.98. The Kier molecular flexibility index (Phi) is 7.86. The molecule has 0 spiro atoms. The van der Waals surface area contributed by atoms with Gasteiger partial charge < -0.3 is 19.2 Å². The van der Waals surface area contributed by atoms with E-state index < -0.39 is 5.41 Å². The molecule has 0 amide bonds. The predicted octanol–water partition coefficient (Wildman–Crippen LogP) is 4.82. The molecular formula is C26H39NO5. The van der Waals surface area contributed by atoms with Crippen LogP contribution in [0.1, 0.15) is 70.1 Å². The van der Waals surface area contributed by atoms with Crippen LogP contribution in [0.2, 0.25) is 0 Å². The fraction of sp³-hybridized carbons (Fsp3) is 0.692. The Morgan fingerprint density at radius 2 is 2.03 bits per heavy atom. The van der Waals surface area contributed by atoms with Crippen LogP contribution in [0.4, 0.5) is 0 Å². The van der Waals surface area contributed by atoms with Crippen molar-refractivity contribution in [2.45, 2.75) is 71.8 Å². The minimum Gasteiger partial charge on any atom is -0.469 e. The number of hydrogen-bond donors (Lipinski definition) is 1. The molecule has 0 unspecified atom stereocenters. The van der Waals surface area contributed by atoms with Crippen molar-refractivity contribution in [2.24, 2.45) is 22.7 Å². The molecule has 0 bridgehead atoms. The Bertz CT molecular complexity index is 830. The number of carbonyl (C=O) groups is 2. The van der Waals surface area contributed by atoms with Gasteiger partial charge in [0.15, 0.2) is 0 Å². The molecule has 1 aromatic rings. The first-order valence-electron chi connectivity index (χ1n) is 11.8. The molecule has 4 atom stereocenters. The summed E-state index contributed by atoms with van der Waals surface area (Å²) in [6.07, 6.45) is 9.05. The quantitative estimate of drug-likeness (QED) is 0.334. The van der Waals surface area contributed by atoms with E-state index >= 15 is 0 Å². The number of rotatable bonds is 9. The maximum Gasteiger partial charge on any atom is 0.311 e. The molecule has 32 heavy (non-hydrogen) atoms. The Morgan fingerprint density at radius 1 is 1.25 bits per heavy atom. The van der Waals surface area contributed by atoms with Crippen LogP contribution in [0.15, 0.2) is 28.9 Å². The summed E-state index contributed by atoms with van der Waals surface area (Å²) < 4.78 is 15.6. The number of ether oxygens (including phenoxy) is 2. The van der Waals surface area contributed by atoms with Gasteiger partial charge >= 0.3 is 11.9 Å². The fourth-order valence-electron chi connectivity index (χ4n) is 6.50. The Hall–Kier alpha value is -2.08. The first kappa shape index (κ1) is 24.6. The van der Waals surface area contributed by atoms with Crippen molar-refractivity contribution in [3.05, 3.63) is 35.8 Å². The fourth-order valence-corrected chi connectivity index (χ4v) is 6.50. The molecule has 2 saturated carbocycles. The van der Waals surface area contributed by atoms with Crippen molar-refractivity contribution in [3.63, 3.8) is 0 Å². The molecule has 0 saturated heterocycles. The lowest BCUT2D eigenvalue weighted by atomic mass is 9.46. The van der Waals surface area contributed by atoms with E-state index in [0.717, 1.165) is 50.7 Å². The molecular weight excluding hydrogens is 406 g/mol. The molecule has 0 aliphatic heterocycles. The molecule has 0 aromatic carbocycles. The summed E-state index contributed by atoms with van der Waals surface area (Å²) in [7, 11) is 2.91. The summed E-state index contributed by atoms with van der Waals surface area (Å²) >= 11 is 0. The zero-order valence-corrected chi connectivity index (χ0v) is 20.1. The van der Waals surface area contributed by atoms with Gasteiger partial charge in [-0.1, -0.05) is 25.5 Å². The van der Waals surface area contributed by atoms with Crippen molar-refractivity contribution >= 4 is 11.9 Å². The minimum atomic E-state index is -0.412. The highest BCUT2D eigenvalue weighted by Crippen LogP contribution is 2.62. The third-order valence-corrected chi connectivity index (χ3v) is 8.23. The van der Waals surface area contributed by atoms with E-state index in [0.29, 0.717) is 31.3 Å². The number of esters is 2. The van der Waals surface area contributed by atoms with E-state index in [-0.39, 0.29) is 17.4 Å². The second-order valence-electron chi connectivity index (χ2n) is 9.98. The van der Waals surface area contributed by atoms with Crippen molar-refractivity contribution in [1.29, 1.82) is 0 Å². The lowest BCUT2D eigenvalue weighted by Crippen LogP contribution is -2.53. The summed E-state index contributed by atoms with van der Waals surface area (Å²) in [4.78, 5) is 24.0. The van der Waals surface area contributed by atoms with Crippen LogP contribution in [0.3, 0.4) is 0 Å². The topological polar surface area (TPSA) is 77.8 Å². The standard InChI is InChI=1S/C26H39NO5/c1-18-7-10-22-25(2,13-6-14-26(22,3)24(29)31-5)20(18)9-8-19-12-16-32-21(19)17-27-15-11-23(28)30-4/h12,16,20,22,27H,1,6-11,13-15,17H2,2-5H3/t20-,22-,25+,26-/m0/s1. The van der Waals surface area contributed by atoms with Crippen LogP contribution in [0.25, 0.3) is 0 Å². The zero-order chi connectivity index (χ0) is 23.4. The molecule has 178 valence electrons. The average Bonchev–Trinajstić information content (AvgIpc) is 3.22. The van der Waals surface area contributed by atoms with Crippen molar-refractivity contribution in [2.75, 3.05) is 20.8 Å². The molecule has 2 aliphatic carbocycles. The molecule has 1 N–H and O–H groups in total. The second kappa shape index (κ2) is 10.2. The van der Waals surface area contributed by atoms with Crippen molar-refractivity contribution in [3.8, 4) is 0 Å². The SMILES string of the molecule is C=C1CC[C@H]2[C@](C)(CCC[C@]2(C)C(=O)OC)[C@H]1CCc1ccoc1CNCCC(=O)OC. The zero-order valence-electron chi connectivity index (χ0n) is 20.1. The minimum absolute atomic E-state index is 0.0547. The summed E-state index contributed by atoms with van der Waals surface area (Å²) in [6.45, 7) is 10.1. The molecule has 1 heterocycles. The van der Waals surface area contributed by atoms with Crippen molar-refractivity contribution in [1.82, 2.24) is 5.32 Å². The van der Waals surface area contributed by atoms with Gasteiger partial charge in [0.1, 0.15) is 5.76 Å². The van der Waals surface area contributed by atoms with Gasteiger partial charge in [0, 0.05) is 6.54 Å². The van der Waals surface area contributed by atoms with Gasteiger partial charge in [-0.25, -0.2) is 0 Å². The monoisotopic (exact) mass is 445 g/mol. The van der Waals surface area contributed by atoms with Crippen LogP contribution in [-0.2, 0) is 32.0 Å². The highest BCUT2D eigenvalue weighted by Gasteiger charge is 2.57. The van der Waals surface area contributed by atoms with E-state index in [1.54, 1.807) is 6.26 Å².